The van der Waals surface area contributed by atoms with E-state index in [9.17, 15) is 4.79 Å². The van der Waals surface area contributed by atoms with Crippen molar-refractivity contribution in [2.24, 2.45) is 5.92 Å². The van der Waals surface area contributed by atoms with Crippen LogP contribution < -0.4 is 10.2 Å². The fourth-order valence-electron chi connectivity index (χ4n) is 3.62. The SMILES string of the molecule is CN(C(=O)C1CC1)c1cccc(-c2ccnc(NC3CCCCC3)n2)c1. The molecule has 0 spiro atoms. The zero-order chi connectivity index (χ0) is 17.9. The van der Waals surface area contributed by atoms with Crippen molar-refractivity contribution in [2.75, 3.05) is 17.3 Å². The standard InChI is InChI=1S/C21H26N4O/c1-25(20(26)15-10-11-15)18-9-5-6-16(14-18)19-12-13-22-21(24-19)23-17-7-3-2-4-8-17/h5-6,9,12-15,17H,2-4,7-8,10-11H2,1H3,(H,22,23,24). The Morgan fingerprint density at radius 3 is 2.69 bits per heavy atom. The lowest BCUT2D eigenvalue weighted by atomic mass is 9.96. The van der Waals surface area contributed by atoms with Crippen LogP contribution in [0, 0.1) is 5.92 Å². The third kappa shape index (κ3) is 3.87. The smallest absolute Gasteiger partial charge is 0.229 e. The van der Waals surface area contributed by atoms with E-state index < -0.39 is 0 Å². The lowest BCUT2D eigenvalue weighted by Gasteiger charge is -2.22. The Morgan fingerprint density at radius 1 is 1.12 bits per heavy atom. The number of nitrogens with one attached hydrogen (secondary N) is 1. The first-order chi connectivity index (χ1) is 12.7. The summed E-state index contributed by atoms with van der Waals surface area (Å²) < 4.78 is 0. The Labute approximate surface area is 154 Å². The molecule has 0 bridgehead atoms. The van der Waals surface area contributed by atoms with Gasteiger partial charge in [-0.3, -0.25) is 4.79 Å². The molecule has 26 heavy (non-hydrogen) atoms. The summed E-state index contributed by atoms with van der Waals surface area (Å²) in [7, 11) is 1.86. The number of amides is 1. The second-order valence-electron chi connectivity index (χ2n) is 7.47. The average molecular weight is 350 g/mol. The van der Waals surface area contributed by atoms with E-state index in [1.54, 1.807) is 11.1 Å². The Bertz CT molecular complexity index is 781. The van der Waals surface area contributed by atoms with Crippen LogP contribution in [0.15, 0.2) is 36.5 Å². The summed E-state index contributed by atoms with van der Waals surface area (Å²) in [5, 5.41) is 3.48. The molecule has 1 heterocycles. The average Bonchev–Trinajstić information content (AvgIpc) is 3.53. The van der Waals surface area contributed by atoms with E-state index in [4.69, 9.17) is 4.98 Å². The fraction of sp³-hybridized carbons (Fsp3) is 0.476. The van der Waals surface area contributed by atoms with Gasteiger partial charge in [-0.2, -0.15) is 0 Å². The van der Waals surface area contributed by atoms with Crippen molar-refractivity contribution in [3.05, 3.63) is 36.5 Å². The molecule has 2 aliphatic rings. The largest absolute Gasteiger partial charge is 0.351 e. The minimum absolute atomic E-state index is 0.212. The zero-order valence-corrected chi connectivity index (χ0v) is 15.3. The van der Waals surface area contributed by atoms with Crippen LogP contribution in [0.2, 0.25) is 0 Å². The van der Waals surface area contributed by atoms with Gasteiger partial charge in [0.1, 0.15) is 0 Å². The highest BCUT2D eigenvalue weighted by Crippen LogP contribution is 2.33. The van der Waals surface area contributed by atoms with Gasteiger partial charge < -0.3 is 10.2 Å². The molecule has 2 fully saturated rings. The molecular formula is C21H26N4O. The topological polar surface area (TPSA) is 58.1 Å². The molecule has 136 valence electrons. The van der Waals surface area contributed by atoms with Crippen molar-refractivity contribution in [3.8, 4) is 11.3 Å². The van der Waals surface area contributed by atoms with E-state index in [-0.39, 0.29) is 11.8 Å². The van der Waals surface area contributed by atoms with Gasteiger partial charge in [-0.1, -0.05) is 31.4 Å². The predicted octanol–water partition coefficient (Wildman–Crippen LogP) is 4.26. The van der Waals surface area contributed by atoms with E-state index in [0.717, 1.165) is 29.8 Å². The minimum atomic E-state index is 0.212. The molecule has 0 aliphatic heterocycles. The summed E-state index contributed by atoms with van der Waals surface area (Å²) in [5.41, 5.74) is 2.80. The number of aromatic nitrogens is 2. The van der Waals surface area contributed by atoms with Gasteiger partial charge >= 0.3 is 0 Å². The molecule has 2 saturated carbocycles. The Kier molecular flexibility index (Phi) is 4.87. The van der Waals surface area contributed by atoms with Crippen LogP contribution in [-0.2, 0) is 4.79 Å². The molecule has 4 rings (SSSR count). The Balaban J connectivity index is 1.52. The lowest BCUT2D eigenvalue weighted by Crippen LogP contribution is -2.27. The molecule has 0 radical (unpaired) electrons. The number of nitrogens with zero attached hydrogens (tertiary/aromatic N) is 3. The number of hydrogen-bond donors (Lipinski definition) is 1. The summed E-state index contributed by atoms with van der Waals surface area (Å²) in [5.74, 6) is 1.13. The van der Waals surface area contributed by atoms with E-state index >= 15 is 0 Å². The van der Waals surface area contributed by atoms with Crippen molar-refractivity contribution in [2.45, 2.75) is 51.0 Å². The maximum Gasteiger partial charge on any atom is 0.229 e. The molecule has 5 heteroatoms. The monoisotopic (exact) mass is 350 g/mol. The first kappa shape index (κ1) is 17.0. The number of rotatable bonds is 5. The molecule has 5 nitrogen and oxygen atoms in total. The second kappa shape index (κ2) is 7.44. The quantitative estimate of drug-likeness (QED) is 0.875. The van der Waals surface area contributed by atoms with Crippen LogP contribution >= 0.6 is 0 Å². The molecule has 1 aromatic carbocycles. The molecule has 1 aromatic heterocycles. The van der Waals surface area contributed by atoms with Gasteiger partial charge in [0.2, 0.25) is 11.9 Å². The fourth-order valence-corrected chi connectivity index (χ4v) is 3.62. The number of carbonyl (C=O) groups excluding carboxylic acids is 1. The third-order valence-corrected chi connectivity index (χ3v) is 5.38. The van der Waals surface area contributed by atoms with Gasteiger partial charge in [0.15, 0.2) is 0 Å². The van der Waals surface area contributed by atoms with Gasteiger partial charge in [-0.25, -0.2) is 9.97 Å². The van der Waals surface area contributed by atoms with Crippen LogP contribution in [0.25, 0.3) is 11.3 Å². The highest BCUT2D eigenvalue weighted by Gasteiger charge is 2.32. The van der Waals surface area contributed by atoms with Crippen LogP contribution in [0.4, 0.5) is 11.6 Å². The van der Waals surface area contributed by atoms with E-state index in [0.29, 0.717) is 12.0 Å². The van der Waals surface area contributed by atoms with Crippen LogP contribution in [0.3, 0.4) is 0 Å². The van der Waals surface area contributed by atoms with Crippen LogP contribution in [-0.4, -0.2) is 29.0 Å². The predicted molar refractivity (Wildman–Crippen MR) is 104 cm³/mol. The Hall–Kier alpha value is -2.43. The molecule has 2 aliphatic carbocycles. The molecule has 0 saturated heterocycles. The molecule has 1 amide bonds. The van der Waals surface area contributed by atoms with Crippen LogP contribution in [0.5, 0.6) is 0 Å². The summed E-state index contributed by atoms with van der Waals surface area (Å²) >= 11 is 0. The van der Waals surface area contributed by atoms with Gasteiger partial charge in [-0.05, 0) is 43.9 Å². The van der Waals surface area contributed by atoms with Crippen molar-refractivity contribution < 1.29 is 4.79 Å². The second-order valence-corrected chi connectivity index (χ2v) is 7.47. The van der Waals surface area contributed by atoms with Crippen molar-refractivity contribution in [3.63, 3.8) is 0 Å². The molecule has 0 atom stereocenters. The van der Waals surface area contributed by atoms with E-state index in [1.807, 2.05) is 37.4 Å². The highest BCUT2D eigenvalue weighted by atomic mass is 16.2. The number of benzene rings is 1. The first-order valence-corrected chi connectivity index (χ1v) is 9.68. The maximum atomic E-state index is 12.3. The lowest BCUT2D eigenvalue weighted by molar-refractivity contribution is -0.119. The van der Waals surface area contributed by atoms with Gasteiger partial charge in [0.05, 0.1) is 5.69 Å². The van der Waals surface area contributed by atoms with Crippen molar-refractivity contribution in [1.82, 2.24) is 9.97 Å². The first-order valence-electron chi connectivity index (χ1n) is 9.68. The van der Waals surface area contributed by atoms with Gasteiger partial charge in [0.25, 0.3) is 0 Å². The van der Waals surface area contributed by atoms with Crippen molar-refractivity contribution in [1.29, 1.82) is 0 Å². The summed E-state index contributed by atoms with van der Waals surface area (Å²) in [4.78, 5) is 23.2. The number of anilines is 2. The number of carbonyl (C=O) groups is 1. The van der Waals surface area contributed by atoms with Gasteiger partial charge in [0, 0.05) is 36.5 Å². The minimum Gasteiger partial charge on any atom is -0.351 e. The van der Waals surface area contributed by atoms with Gasteiger partial charge in [-0.15, -0.1) is 0 Å². The molecule has 1 N–H and O–H groups in total. The Morgan fingerprint density at radius 2 is 1.92 bits per heavy atom. The maximum absolute atomic E-state index is 12.3. The summed E-state index contributed by atoms with van der Waals surface area (Å²) in [6, 6.07) is 10.4. The zero-order valence-electron chi connectivity index (χ0n) is 15.3. The highest BCUT2D eigenvalue weighted by molar-refractivity contribution is 5.96. The summed E-state index contributed by atoms with van der Waals surface area (Å²) in [6.45, 7) is 0. The molecule has 0 unspecified atom stereocenters. The van der Waals surface area contributed by atoms with E-state index in [2.05, 4.69) is 10.3 Å². The molecule has 2 aromatic rings. The summed E-state index contributed by atoms with van der Waals surface area (Å²) in [6.07, 6.45) is 10.1. The van der Waals surface area contributed by atoms with E-state index in [1.165, 1.54) is 32.1 Å². The third-order valence-electron chi connectivity index (χ3n) is 5.38. The number of hydrogen-bond acceptors (Lipinski definition) is 4. The van der Waals surface area contributed by atoms with Crippen LogP contribution in [0.1, 0.15) is 44.9 Å². The van der Waals surface area contributed by atoms with Crippen molar-refractivity contribution >= 4 is 17.5 Å². The molecular weight excluding hydrogens is 324 g/mol. The normalized spacial score (nSPS) is 17.7.